The van der Waals surface area contributed by atoms with Gasteiger partial charge in [-0.25, -0.2) is 4.98 Å². The summed E-state index contributed by atoms with van der Waals surface area (Å²) in [6.45, 7) is 8.81. The monoisotopic (exact) mass is 235 g/mol. The standard InChI is InChI=1S/C14H25N3/c1-12(2)11-15-7-5-6-13(3)10-14-16-8-9-17(14)4/h6,8-9,12,15H,5,7,10-11H2,1-4H3. The number of aryl methyl sites for hydroxylation is 1. The number of allylic oxidation sites excluding steroid dienone is 1. The minimum absolute atomic E-state index is 0.729. The first-order valence-corrected chi connectivity index (χ1v) is 6.42. The zero-order chi connectivity index (χ0) is 12.7. The molecule has 17 heavy (non-hydrogen) atoms. The Morgan fingerprint density at radius 2 is 2.29 bits per heavy atom. The van der Waals surface area contributed by atoms with Crippen molar-refractivity contribution < 1.29 is 0 Å². The van der Waals surface area contributed by atoms with Crippen LogP contribution >= 0.6 is 0 Å². The van der Waals surface area contributed by atoms with Crippen molar-refractivity contribution in [3.05, 3.63) is 29.9 Å². The van der Waals surface area contributed by atoms with Crippen molar-refractivity contribution in [3.63, 3.8) is 0 Å². The summed E-state index contributed by atoms with van der Waals surface area (Å²) >= 11 is 0. The molecule has 0 aliphatic carbocycles. The van der Waals surface area contributed by atoms with E-state index in [0.717, 1.165) is 37.7 Å². The van der Waals surface area contributed by atoms with Gasteiger partial charge in [-0.05, 0) is 32.4 Å². The molecule has 0 atom stereocenters. The molecule has 0 radical (unpaired) electrons. The largest absolute Gasteiger partial charge is 0.338 e. The fourth-order valence-corrected chi connectivity index (χ4v) is 1.70. The molecule has 3 heteroatoms. The first-order chi connectivity index (χ1) is 8.09. The lowest BCUT2D eigenvalue weighted by atomic mass is 10.1. The molecule has 96 valence electrons. The molecular weight excluding hydrogens is 210 g/mol. The molecule has 1 aromatic rings. The minimum atomic E-state index is 0.729. The van der Waals surface area contributed by atoms with Crippen LogP contribution in [-0.2, 0) is 13.5 Å². The summed E-state index contributed by atoms with van der Waals surface area (Å²) < 4.78 is 2.08. The van der Waals surface area contributed by atoms with Gasteiger partial charge in [0, 0.05) is 25.9 Å². The maximum absolute atomic E-state index is 4.33. The molecule has 0 unspecified atom stereocenters. The molecule has 0 spiro atoms. The SMILES string of the molecule is CC(=CCCNCC(C)C)Cc1nccn1C. The highest BCUT2D eigenvalue weighted by Crippen LogP contribution is 2.05. The van der Waals surface area contributed by atoms with Gasteiger partial charge >= 0.3 is 0 Å². The molecule has 1 aromatic heterocycles. The van der Waals surface area contributed by atoms with Gasteiger partial charge in [0.2, 0.25) is 0 Å². The smallest absolute Gasteiger partial charge is 0.112 e. The molecule has 3 nitrogen and oxygen atoms in total. The number of nitrogens with zero attached hydrogens (tertiary/aromatic N) is 2. The molecular formula is C14H25N3. The Labute approximate surface area is 105 Å². The average molecular weight is 235 g/mol. The molecule has 1 heterocycles. The minimum Gasteiger partial charge on any atom is -0.338 e. The fraction of sp³-hybridized carbons (Fsp3) is 0.643. The lowest BCUT2D eigenvalue weighted by Gasteiger charge is -2.06. The van der Waals surface area contributed by atoms with Crippen molar-refractivity contribution >= 4 is 0 Å². The average Bonchev–Trinajstić information content (AvgIpc) is 2.63. The summed E-state index contributed by atoms with van der Waals surface area (Å²) in [5, 5.41) is 3.45. The molecule has 0 amide bonds. The molecule has 0 aliphatic heterocycles. The van der Waals surface area contributed by atoms with Crippen LogP contribution in [-0.4, -0.2) is 22.6 Å². The van der Waals surface area contributed by atoms with Crippen LogP contribution in [0, 0.1) is 5.92 Å². The first-order valence-electron chi connectivity index (χ1n) is 6.42. The van der Waals surface area contributed by atoms with E-state index in [1.807, 2.05) is 19.4 Å². The van der Waals surface area contributed by atoms with Crippen LogP contribution in [0.1, 0.15) is 33.0 Å². The topological polar surface area (TPSA) is 29.9 Å². The van der Waals surface area contributed by atoms with Gasteiger partial charge in [0.25, 0.3) is 0 Å². The second kappa shape index (κ2) is 7.28. The Hall–Kier alpha value is -1.09. The highest BCUT2D eigenvalue weighted by Gasteiger charge is 1.99. The Morgan fingerprint density at radius 3 is 2.88 bits per heavy atom. The zero-order valence-electron chi connectivity index (χ0n) is 11.5. The van der Waals surface area contributed by atoms with Crippen LogP contribution in [0.4, 0.5) is 0 Å². The summed E-state index contributed by atoms with van der Waals surface area (Å²) in [7, 11) is 2.04. The molecule has 0 aliphatic rings. The molecule has 0 saturated carbocycles. The highest BCUT2D eigenvalue weighted by atomic mass is 15.0. The van der Waals surface area contributed by atoms with E-state index in [1.165, 1.54) is 5.57 Å². The lowest BCUT2D eigenvalue weighted by Crippen LogP contribution is -2.20. The van der Waals surface area contributed by atoms with E-state index < -0.39 is 0 Å². The Morgan fingerprint density at radius 1 is 1.53 bits per heavy atom. The van der Waals surface area contributed by atoms with Gasteiger partial charge in [-0.3, -0.25) is 0 Å². The molecule has 0 fully saturated rings. The molecule has 0 bridgehead atoms. The third-order valence-corrected chi connectivity index (χ3v) is 2.72. The van der Waals surface area contributed by atoms with Crippen LogP contribution in [0.15, 0.2) is 24.0 Å². The summed E-state index contributed by atoms with van der Waals surface area (Å²) in [5.74, 6) is 1.86. The van der Waals surface area contributed by atoms with E-state index in [2.05, 4.69) is 41.7 Å². The number of imidazole rings is 1. The van der Waals surface area contributed by atoms with Gasteiger partial charge in [0.15, 0.2) is 0 Å². The second-order valence-electron chi connectivity index (χ2n) is 5.07. The fourth-order valence-electron chi connectivity index (χ4n) is 1.70. The van der Waals surface area contributed by atoms with Gasteiger partial charge in [-0.2, -0.15) is 0 Å². The summed E-state index contributed by atoms with van der Waals surface area (Å²) in [6, 6.07) is 0. The quantitative estimate of drug-likeness (QED) is 0.581. The van der Waals surface area contributed by atoms with Gasteiger partial charge in [0.05, 0.1) is 0 Å². The number of nitrogens with one attached hydrogen (secondary N) is 1. The molecule has 0 aromatic carbocycles. The summed E-state index contributed by atoms with van der Waals surface area (Å²) in [5.41, 5.74) is 1.39. The molecule has 1 rings (SSSR count). The Bertz CT molecular complexity index is 350. The zero-order valence-corrected chi connectivity index (χ0v) is 11.5. The predicted octanol–water partition coefficient (Wildman–Crippen LogP) is 2.54. The summed E-state index contributed by atoms with van der Waals surface area (Å²) in [6.07, 6.45) is 8.21. The third-order valence-electron chi connectivity index (χ3n) is 2.72. The lowest BCUT2D eigenvalue weighted by molar-refractivity contribution is 0.556. The van der Waals surface area contributed by atoms with E-state index in [1.54, 1.807) is 0 Å². The number of hydrogen-bond acceptors (Lipinski definition) is 2. The maximum atomic E-state index is 4.33. The predicted molar refractivity (Wildman–Crippen MR) is 73.0 cm³/mol. The van der Waals surface area contributed by atoms with Crippen molar-refractivity contribution in [2.24, 2.45) is 13.0 Å². The van der Waals surface area contributed by atoms with Crippen LogP contribution in [0.3, 0.4) is 0 Å². The van der Waals surface area contributed by atoms with Crippen molar-refractivity contribution in [3.8, 4) is 0 Å². The first kappa shape index (κ1) is 14.0. The number of aromatic nitrogens is 2. The van der Waals surface area contributed by atoms with Crippen LogP contribution in [0.25, 0.3) is 0 Å². The van der Waals surface area contributed by atoms with Crippen molar-refractivity contribution in [1.29, 1.82) is 0 Å². The number of rotatable bonds is 7. The van der Waals surface area contributed by atoms with Crippen molar-refractivity contribution in [1.82, 2.24) is 14.9 Å². The molecule has 1 N–H and O–H groups in total. The van der Waals surface area contributed by atoms with E-state index in [-0.39, 0.29) is 0 Å². The van der Waals surface area contributed by atoms with Crippen molar-refractivity contribution in [2.75, 3.05) is 13.1 Å². The van der Waals surface area contributed by atoms with E-state index >= 15 is 0 Å². The van der Waals surface area contributed by atoms with E-state index in [0.29, 0.717) is 0 Å². The second-order valence-corrected chi connectivity index (χ2v) is 5.07. The normalized spacial score (nSPS) is 12.4. The van der Waals surface area contributed by atoms with Gasteiger partial charge < -0.3 is 9.88 Å². The maximum Gasteiger partial charge on any atom is 0.112 e. The highest BCUT2D eigenvalue weighted by molar-refractivity contribution is 5.08. The third kappa shape index (κ3) is 5.68. The van der Waals surface area contributed by atoms with E-state index in [9.17, 15) is 0 Å². The Balaban J connectivity index is 2.23. The van der Waals surface area contributed by atoms with Crippen molar-refractivity contribution in [2.45, 2.75) is 33.6 Å². The van der Waals surface area contributed by atoms with Gasteiger partial charge in [-0.1, -0.05) is 25.5 Å². The number of hydrogen-bond donors (Lipinski definition) is 1. The van der Waals surface area contributed by atoms with E-state index in [4.69, 9.17) is 0 Å². The van der Waals surface area contributed by atoms with Crippen LogP contribution < -0.4 is 5.32 Å². The van der Waals surface area contributed by atoms with Gasteiger partial charge in [-0.15, -0.1) is 0 Å². The van der Waals surface area contributed by atoms with Gasteiger partial charge in [0.1, 0.15) is 5.82 Å². The van der Waals surface area contributed by atoms with Crippen LogP contribution in [0.5, 0.6) is 0 Å². The van der Waals surface area contributed by atoms with Crippen LogP contribution in [0.2, 0.25) is 0 Å². The summed E-state index contributed by atoms with van der Waals surface area (Å²) in [4.78, 5) is 4.33. The Kier molecular flexibility index (Phi) is 5.98. The molecule has 0 saturated heterocycles.